The van der Waals surface area contributed by atoms with Crippen molar-refractivity contribution in [3.8, 4) is 0 Å². The van der Waals surface area contributed by atoms with Crippen molar-refractivity contribution < 1.29 is 0 Å². The fourth-order valence-corrected chi connectivity index (χ4v) is 3.87. The van der Waals surface area contributed by atoms with E-state index in [0.29, 0.717) is 5.41 Å². The van der Waals surface area contributed by atoms with Crippen LogP contribution in [0, 0.1) is 5.41 Å². The van der Waals surface area contributed by atoms with E-state index in [1.54, 1.807) is 0 Å². The van der Waals surface area contributed by atoms with Gasteiger partial charge in [0.05, 0.1) is 0 Å². The molecule has 1 fully saturated rings. The number of likely N-dealkylation sites (tertiary alicyclic amines) is 1. The number of rotatable bonds is 6. The molecule has 0 spiro atoms. The summed E-state index contributed by atoms with van der Waals surface area (Å²) in [6, 6.07) is 21.9. The molecule has 1 aliphatic rings. The monoisotopic (exact) mass is 307 g/mol. The van der Waals surface area contributed by atoms with E-state index in [1.807, 2.05) is 0 Å². The molecule has 1 nitrogen and oxygen atoms in total. The summed E-state index contributed by atoms with van der Waals surface area (Å²) in [6.07, 6.45) is 6.41. The van der Waals surface area contributed by atoms with Crippen LogP contribution in [0.3, 0.4) is 0 Å². The molecular formula is C22H29N. The quantitative estimate of drug-likeness (QED) is 0.729. The molecule has 0 atom stereocenters. The van der Waals surface area contributed by atoms with Crippen LogP contribution in [-0.2, 0) is 12.8 Å². The second-order valence-electron chi connectivity index (χ2n) is 7.09. The molecular weight excluding hydrogens is 278 g/mol. The minimum absolute atomic E-state index is 0.518. The summed E-state index contributed by atoms with van der Waals surface area (Å²) in [6.45, 7) is 6.10. The average molecular weight is 307 g/mol. The van der Waals surface area contributed by atoms with Crippen LogP contribution in [0.25, 0.3) is 0 Å². The number of nitrogens with zero attached hydrogens (tertiary/aromatic N) is 1. The van der Waals surface area contributed by atoms with Gasteiger partial charge in [0, 0.05) is 6.54 Å². The van der Waals surface area contributed by atoms with Gasteiger partial charge in [0.1, 0.15) is 0 Å². The summed E-state index contributed by atoms with van der Waals surface area (Å²) in [5, 5.41) is 0. The van der Waals surface area contributed by atoms with Crippen molar-refractivity contribution in [2.75, 3.05) is 19.6 Å². The Labute approximate surface area is 141 Å². The molecule has 3 rings (SSSR count). The van der Waals surface area contributed by atoms with E-state index in [9.17, 15) is 0 Å². The molecule has 0 amide bonds. The van der Waals surface area contributed by atoms with E-state index in [1.165, 1.54) is 62.9 Å². The highest BCUT2D eigenvalue weighted by molar-refractivity contribution is 5.17. The van der Waals surface area contributed by atoms with Crippen LogP contribution >= 0.6 is 0 Å². The van der Waals surface area contributed by atoms with Crippen LogP contribution in [0.2, 0.25) is 0 Å². The Hall–Kier alpha value is -1.60. The van der Waals surface area contributed by atoms with Gasteiger partial charge in [0.25, 0.3) is 0 Å². The van der Waals surface area contributed by atoms with Gasteiger partial charge in [-0.25, -0.2) is 0 Å². The topological polar surface area (TPSA) is 3.24 Å². The van der Waals surface area contributed by atoms with E-state index in [0.717, 1.165) is 0 Å². The lowest BCUT2D eigenvalue weighted by Gasteiger charge is -2.42. The van der Waals surface area contributed by atoms with E-state index in [2.05, 4.69) is 72.5 Å². The van der Waals surface area contributed by atoms with Crippen LogP contribution in [0.15, 0.2) is 60.7 Å². The van der Waals surface area contributed by atoms with Crippen LogP contribution in [0.1, 0.15) is 37.3 Å². The first-order valence-electron chi connectivity index (χ1n) is 9.10. The van der Waals surface area contributed by atoms with Gasteiger partial charge in [-0.2, -0.15) is 0 Å². The number of benzene rings is 2. The fourth-order valence-electron chi connectivity index (χ4n) is 3.87. The lowest BCUT2D eigenvalue weighted by Crippen LogP contribution is -2.41. The van der Waals surface area contributed by atoms with Gasteiger partial charge in [0.2, 0.25) is 0 Å². The molecule has 0 saturated carbocycles. The molecule has 2 aromatic rings. The molecule has 0 aromatic heterocycles. The van der Waals surface area contributed by atoms with Crippen molar-refractivity contribution >= 4 is 0 Å². The lowest BCUT2D eigenvalue weighted by molar-refractivity contribution is 0.0999. The SMILES string of the molecule is CCC1(Cc2ccccc2)CCN(CCc2ccccc2)CC1. The standard InChI is InChI=1S/C22H29N/c1-2-22(19-21-11-7-4-8-12-21)14-17-23(18-15-22)16-13-20-9-5-3-6-10-20/h3-12H,2,13-19H2,1H3. The first-order valence-corrected chi connectivity index (χ1v) is 9.10. The maximum Gasteiger partial charge on any atom is 0.00218 e. The molecule has 1 heteroatoms. The Balaban J connectivity index is 1.52. The summed E-state index contributed by atoms with van der Waals surface area (Å²) in [4.78, 5) is 2.66. The molecule has 122 valence electrons. The normalized spacial score (nSPS) is 18.0. The van der Waals surface area contributed by atoms with E-state index in [-0.39, 0.29) is 0 Å². The van der Waals surface area contributed by atoms with Gasteiger partial charge in [-0.15, -0.1) is 0 Å². The summed E-state index contributed by atoms with van der Waals surface area (Å²) in [7, 11) is 0. The van der Waals surface area contributed by atoms with Crippen molar-refractivity contribution in [3.05, 3.63) is 71.8 Å². The zero-order chi connectivity index (χ0) is 16.0. The minimum Gasteiger partial charge on any atom is -0.303 e. The molecule has 0 N–H and O–H groups in total. The molecule has 0 bridgehead atoms. The third-order valence-corrected chi connectivity index (χ3v) is 5.65. The van der Waals surface area contributed by atoms with Crippen LogP contribution in [0.4, 0.5) is 0 Å². The van der Waals surface area contributed by atoms with E-state index >= 15 is 0 Å². The van der Waals surface area contributed by atoms with Gasteiger partial charge >= 0.3 is 0 Å². The Morgan fingerprint density at radius 3 is 1.96 bits per heavy atom. The van der Waals surface area contributed by atoms with Crippen molar-refractivity contribution in [2.24, 2.45) is 5.41 Å². The maximum atomic E-state index is 2.66. The molecule has 0 aliphatic carbocycles. The lowest BCUT2D eigenvalue weighted by atomic mass is 9.72. The number of piperidine rings is 1. The zero-order valence-electron chi connectivity index (χ0n) is 14.4. The average Bonchev–Trinajstić information content (AvgIpc) is 2.63. The van der Waals surface area contributed by atoms with Gasteiger partial charge in [-0.3, -0.25) is 0 Å². The number of hydrogen-bond donors (Lipinski definition) is 0. The Morgan fingerprint density at radius 2 is 1.39 bits per heavy atom. The van der Waals surface area contributed by atoms with Crippen molar-refractivity contribution in [3.63, 3.8) is 0 Å². The van der Waals surface area contributed by atoms with Gasteiger partial charge in [-0.05, 0) is 55.3 Å². The minimum atomic E-state index is 0.518. The number of hydrogen-bond acceptors (Lipinski definition) is 1. The zero-order valence-corrected chi connectivity index (χ0v) is 14.4. The predicted octanol–water partition coefficient (Wildman–Crippen LogP) is 4.96. The molecule has 1 saturated heterocycles. The summed E-state index contributed by atoms with van der Waals surface area (Å²) in [5.41, 5.74) is 3.49. The molecule has 1 aliphatic heterocycles. The fraction of sp³-hybridized carbons (Fsp3) is 0.455. The molecule has 23 heavy (non-hydrogen) atoms. The highest BCUT2D eigenvalue weighted by Crippen LogP contribution is 2.38. The summed E-state index contributed by atoms with van der Waals surface area (Å²) >= 11 is 0. The molecule has 0 unspecified atom stereocenters. The van der Waals surface area contributed by atoms with Gasteiger partial charge in [0.15, 0.2) is 0 Å². The molecule has 0 radical (unpaired) electrons. The van der Waals surface area contributed by atoms with Crippen LogP contribution < -0.4 is 0 Å². The third kappa shape index (κ3) is 4.45. The largest absolute Gasteiger partial charge is 0.303 e. The molecule has 2 aromatic carbocycles. The first kappa shape index (κ1) is 16.3. The van der Waals surface area contributed by atoms with E-state index in [4.69, 9.17) is 0 Å². The van der Waals surface area contributed by atoms with E-state index < -0.39 is 0 Å². The van der Waals surface area contributed by atoms with Crippen molar-refractivity contribution in [2.45, 2.75) is 39.0 Å². The van der Waals surface area contributed by atoms with Crippen LogP contribution in [0.5, 0.6) is 0 Å². The Kier molecular flexibility index (Phi) is 5.51. The van der Waals surface area contributed by atoms with Crippen molar-refractivity contribution in [1.29, 1.82) is 0 Å². The highest BCUT2D eigenvalue weighted by Gasteiger charge is 2.32. The second-order valence-corrected chi connectivity index (χ2v) is 7.09. The third-order valence-electron chi connectivity index (χ3n) is 5.65. The summed E-state index contributed by atoms with van der Waals surface area (Å²) < 4.78 is 0. The Morgan fingerprint density at radius 1 is 0.826 bits per heavy atom. The molecule has 1 heterocycles. The van der Waals surface area contributed by atoms with Gasteiger partial charge in [-0.1, -0.05) is 74.0 Å². The first-order chi connectivity index (χ1) is 11.3. The van der Waals surface area contributed by atoms with Crippen molar-refractivity contribution in [1.82, 2.24) is 4.90 Å². The summed E-state index contributed by atoms with van der Waals surface area (Å²) in [5.74, 6) is 0. The predicted molar refractivity (Wildman–Crippen MR) is 98.7 cm³/mol. The highest BCUT2D eigenvalue weighted by atomic mass is 15.1. The van der Waals surface area contributed by atoms with Gasteiger partial charge < -0.3 is 4.90 Å². The second kappa shape index (κ2) is 7.79. The smallest absolute Gasteiger partial charge is 0.00218 e. The van der Waals surface area contributed by atoms with Crippen LogP contribution in [-0.4, -0.2) is 24.5 Å². The Bertz CT molecular complexity index is 567. The maximum absolute atomic E-state index is 2.66.